The summed E-state index contributed by atoms with van der Waals surface area (Å²) < 4.78 is 68.2. The maximum absolute atomic E-state index is 13.0. The minimum absolute atomic E-state index is 0.104. The molecule has 0 fully saturated rings. The topological polar surface area (TPSA) is 237 Å². The third-order valence-corrected chi connectivity index (χ3v) is 17.9. The van der Waals surface area contributed by atoms with E-state index in [1.807, 2.05) is 0 Å². The number of hydrogen-bond donors (Lipinski definition) is 3. The number of aliphatic hydroxyl groups excluding tert-OH is 1. The Morgan fingerprint density at radius 1 is 0.333 bits per heavy atom. The molecule has 0 radical (unpaired) electrons. The Bertz CT molecular complexity index is 1720. The molecule has 0 heterocycles. The maximum atomic E-state index is 13.0. The summed E-state index contributed by atoms with van der Waals surface area (Å²) in [6, 6.07) is 0. The fraction of sp³-hybridized carbons (Fsp3) is 0.941. The Hall–Kier alpha value is -1.94. The van der Waals surface area contributed by atoms with Crippen molar-refractivity contribution in [3.05, 3.63) is 0 Å². The molecule has 0 aliphatic heterocycles. The number of unbranched alkanes of at least 4 members (excludes halogenated alkanes) is 33. The van der Waals surface area contributed by atoms with Crippen molar-refractivity contribution >= 4 is 39.5 Å². The van der Waals surface area contributed by atoms with E-state index in [0.717, 1.165) is 108 Å². The van der Waals surface area contributed by atoms with Crippen LogP contribution in [-0.2, 0) is 65.4 Å². The van der Waals surface area contributed by atoms with Crippen molar-refractivity contribution in [1.82, 2.24) is 0 Å². The molecule has 0 aromatic rings. The molecule has 0 amide bonds. The van der Waals surface area contributed by atoms with Gasteiger partial charge in [-0.05, 0) is 43.4 Å². The van der Waals surface area contributed by atoms with E-state index in [9.17, 15) is 43.2 Å². The predicted octanol–water partition coefficient (Wildman–Crippen LogP) is 19.1. The second-order valence-electron chi connectivity index (χ2n) is 25.8. The van der Waals surface area contributed by atoms with Crippen LogP contribution >= 0.6 is 15.6 Å². The van der Waals surface area contributed by atoms with Crippen LogP contribution in [0, 0.1) is 17.8 Å². The van der Waals surface area contributed by atoms with Crippen LogP contribution < -0.4 is 0 Å². The Labute approximate surface area is 530 Å². The molecule has 0 bridgehead atoms. The van der Waals surface area contributed by atoms with Crippen LogP contribution in [0.3, 0.4) is 0 Å². The van der Waals surface area contributed by atoms with Gasteiger partial charge in [0, 0.05) is 25.7 Å². The molecule has 6 atom stereocenters. The van der Waals surface area contributed by atoms with Gasteiger partial charge in [0.2, 0.25) is 0 Å². The van der Waals surface area contributed by atoms with E-state index >= 15 is 0 Å². The number of aliphatic hydroxyl groups is 1. The first kappa shape index (κ1) is 85.1. The van der Waals surface area contributed by atoms with Crippen molar-refractivity contribution in [3.8, 4) is 0 Å². The van der Waals surface area contributed by atoms with Gasteiger partial charge >= 0.3 is 39.5 Å². The van der Waals surface area contributed by atoms with E-state index in [0.29, 0.717) is 31.6 Å². The Balaban J connectivity index is 5.26. The van der Waals surface area contributed by atoms with Crippen molar-refractivity contribution in [2.75, 3.05) is 39.6 Å². The first-order valence-corrected chi connectivity index (χ1v) is 38.4. The second kappa shape index (κ2) is 59.1. The zero-order chi connectivity index (χ0) is 64.5. The average Bonchev–Trinajstić information content (AvgIpc) is 3.69. The summed E-state index contributed by atoms with van der Waals surface area (Å²) in [5, 5.41) is 10.6. The Kier molecular flexibility index (Phi) is 57.8. The highest BCUT2D eigenvalue weighted by molar-refractivity contribution is 7.47. The molecule has 0 rings (SSSR count). The standard InChI is InChI=1S/C68H132O17P2/c1-8-10-11-12-13-14-15-16-17-18-21-28-37-44-51-67(72)84-63(55-78-65(70)49-42-35-27-22-19-20-25-32-39-46-59(3)4)57-82-86(74,75)80-53-62(69)54-81-87(76,77)83-58-64(56-79-66(71)50-43-36-31-30-33-40-47-60(5)6)85-68(73)52-45-38-29-24-23-26-34-41-48-61(7)9-2/h59-64,69H,8-58H2,1-7H3,(H,74,75)(H,76,77)/t61?,62-,63-,64-/m1/s1. The molecule has 3 unspecified atom stereocenters. The minimum Gasteiger partial charge on any atom is -0.462 e. The molecule has 0 aromatic carbocycles. The van der Waals surface area contributed by atoms with Gasteiger partial charge in [-0.3, -0.25) is 37.3 Å². The van der Waals surface area contributed by atoms with Crippen molar-refractivity contribution in [3.63, 3.8) is 0 Å². The van der Waals surface area contributed by atoms with Gasteiger partial charge in [-0.15, -0.1) is 0 Å². The van der Waals surface area contributed by atoms with E-state index in [1.54, 1.807) is 0 Å². The van der Waals surface area contributed by atoms with Gasteiger partial charge in [-0.1, -0.05) is 286 Å². The van der Waals surface area contributed by atoms with Gasteiger partial charge in [0.25, 0.3) is 0 Å². The highest BCUT2D eigenvalue weighted by Gasteiger charge is 2.30. The molecule has 0 aromatic heterocycles. The molecular formula is C68H132O17P2. The molecule has 87 heavy (non-hydrogen) atoms. The fourth-order valence-corrected chi connectivity index (χ4v) is 11.7. The van der Waals surface area contributed by atoms with Gasteiger partial charge in [0.15, 0.2) is 12.2 Å². The Morgan fingerprint density at radius 3 is 0.874 bits per heavy atom. The summed E-state index contributed by atoms with van der Waals surface area (Å²) in [5.41, 5.74) is 0. The summed E-state index contributed by atoms with van der Waals surface area (Å²) in [5.74, 6) is 0.0614. The predicted molar refractivity (Wildman–Crippen MR) is 349 cm³/mol. The van der Waals surface area contributed by atoms with Gasteiger partial charge in [0.05, 0.1) is 26.4 Å². The highest BCUT2D eigenvalue weighted by atomic mass is 31.2. The first-order valence-electron chi connectivity index (χ1n) is 35.4. The largest absolute Gasteiger partial charge is 0.472 e. The number of esters is 4. The number of phosphoric ester groups is 2. The number of phosphoric acid groups is 2. The minimum atomic E-state index is -4.95. The molecule has 19 heteroatoms. The van der Waals surface area contributed by atoms with Crippen LogP contribution in [-0.4, -0.2) is 96.7 Å². The van der Waals surface area contributed by atoms with E-state index < -0.39 is 97.5 Å². The fourth-order valence-electron chi connectivity index (χ4n) is 10.2. The summed E-state index contributed by atoms with van der Waals surface area (Å²) in [7, 11) is -9.90. The van der Waals surface area contributed by atoms with Crippen LogP contribution in [0.2, 0.25) is 0 Å². The number of hydrogen-bond acceptors (Lipinski definition) is 15. The lowest BCUT2D eigenvalue weighted by molar-refractivity contribution is -0.161. The molecule has 17 nitrogen and oxygen atoms in total. The summed E-state index contributed by atoms with van der Waals surface area (Å²) in [4.78, 5) is 72.4. The van der Waals surface area contributed by atoms with Gasteiger partial charge in [-0.25, -0.2) is 9.13 Å². The van der Waals surface area contributed by atoms with E-state index in [4.69, 9.17) is 37.0 Å². The normalized spacial score (nSPS) is 14.6. The quantitative estimate of drug-likeness (QED) is 0.0222. The van der Waals surface area contributed by atoms with Crippen molar-refractivity contribution < 1.29 is 80.2 Å². The zero-order valence-electron chi connectivity index (χ0n) is 56.5. The van der Waals surface area contributed by atoms with E-state index in [1.165, 1.54) is 141 Å². The zero-order valence-corrected chi connectivity index (χ0v) is 58.3. The maximum Gasteiger partial charge on any atom is 0.472 e. The number of rotatable bonds is 66. The molecular weight excluding hydrogens is 1150 g/mol. The summed E-state index contributed by atoms with van der Waals surface area (Å²) >= 11 is 0. The SMILES string of the molecule is CCCCCCCCCCCCCCCCC(=O)O[C@H](COC(=O)CCCCCCCCCCCC(C)C)COP(=O)(O)OC[C@@H](O)COP(=O)(O)OC[C@@H](COC(=O)CCCCCCCCC(C)C)OC(=O)CCCCCCCCCCC(C)CC. The highest BCUT2D eigenvalue weighted by Crippen LogP contribution is 2.45. The smallest absolute Gasteiger partial charge is 0.462 e. The monoisotopic (exact) mass is 1280 g/mol. The average molecular weight is 1280 g/mol. The van der Waals surface area contributed by atoms with E-state index in [-0.39, 0.29) is 25.7 Å². The summed E-state index contributed by atoms with van der Waals surface area (Å²) in [6.07, 6.45) is 41.7. The Morgan fingerprint density at radius 2 is 0.586 bits per heavy atom. The summed E-state index contributed by atoms with van der Waals surface area (Å²) in [6.45, 7) is 11.7. The molecule has 3 N–H and O–H groups in total. The number of ether oxygens (including phenoxy) is 4. The number of carbonyl (C=O) groups is 4. The molecule has 0 saturated heterocycles. The van der Waals surface area contributed by atoms with Crippen LogP contribution in [0.15, 0.2) is 0 Å². The van der Waals surface area contributed by atoms with Crippen LogP contribution in [0.25, 0.3) is 0 Å². The van der Waals surface area contributed by atoms with Gasteiger partial charge in [0.1, 0.15) is 19.3 Å². The third-order valence-electron chi connectivity index (χ3n) is 16.0. The second-order valence-corrected chi connectivity index (χ2v) is 28.7. The van der Waals surface area contributed by atoms with E-state index in [2.05, 4.69) is 48.5 Å². The van der Waals surface area contributed by atoms with Crippen molar-refractivity contribution in [2.45, 2.75) is 356 Å². The van der Waals surface area contributed by atoms with Gasteiger partial charge in [-0.2, -0.15) is 0 Å². The molecule has 516 valence electrons. The lowest BCUT2D eigenvalue weighted by Gasteiger charge is -2.21. The van der Waals surface area contributed by atoms with Crippen LogP contribution in [0.1, 0.15) is 337 Å². The van der Waals surface area contributed by atoms with Gasteiger partial charge < -0.3 is 33.8 Å². The van der Waals surface area contributed by atoms with Crippen LogP contribution in [0.4, 0.5) is 0 Å². The van der Waals surface area contributed by atoms with Crippen molar-refractivity contribution in [2.24, 2.45) is 17.8 Å². The van der Waals surface area contributed by atoms with Crippen molar-refractivity contribution in [1.29, 1.82) is 0 Å². The molecule has 0 saturated carbocycles. The first-order chi connectivity index (χ1) is 41.8. The lowest BCUT2D eigenvalue weighted by Crippen LogP contribution is -2.30. The lowest BCUT2D eigenvalue weighted by atomic mass is 9.99. The third kappa shape index (κ3) is 61.3. The van der Waals surface area contributed by atoms with Crippen LogP contribution in [0.5, 0.6) is 0 Å². The molecule has 0 aliphatic rings. The molecule has 0 aliphatic carbocycles. The number of carbonyl (C=O) groups excluding carboxylic acids is 4. The molecule has 0 spiro atoms.